The number of benzene rings is 3. The van der Waals surface area contributed by atoms with E-state index in [1.165, 1.54) is 12.1 Å². The molecule has 4 aromatic rings. The number of aromatic nitrogens is 2. The number of anilines is 1. The minimum absolute atomic E-state index is 0.126. The maximum absolute atomic E-state index is 13.3. The molecule has 144 valence electrons. The zero-order valence-corrected chi connectivity index (χ0v) is 16.1. The number of rotatable bonds is 3. The van der Waals surface area contributed by atoms with Crippen LogP contribution in [0.2, 0.25) is 0 Å². The molecule has 0 fully saturated rings. The third-order valence-electron chi connectivity index (χ3n) is 5.63. The number of hydrogen-bond donors (Lipinski definition) is 0. The molecular formula is C24H20FN3O. The van der Waals surface area contributed by atoms with Gasteiger partial charge in [0.1, 0.15) is 5.82 Å². The van der Waals surface area contributed by atoms with Crippen LogP contribution in [0, 0.1) is 5.82 Å². The molecule has 1 amide bonds. The Morgan fingerprint density at radius 1 is 1.00 bits per heavy atom. The monoisotopic (exact) mass is 385 g/mol. The topological polar surface area (TPSA) is 38.1 Å². The molecule has 1 aliphatic rings. The maximum Gasteiger partial charge on any atom is 0.278 e. The highest BCUT2D eigenvalue weighted by Gasteiger charge is 2.29. The van der Waals surface area contributed by atoms with Gasteiger partial charge >= 0.3 is 0 Å². The largest absolute Gasteiger partial charge is 0.310 e. The molecule has 4 nitrogen and oxygen atoms in total. The van der Waals surface area contributed by atoms with Crippen molar-refractivity contribution in [1.29, 1.82) is 0 Å². The first-order valence-corrected chi connectivity index (χ1v) is 9.75. The van der Waals surface area contributed by atoms with E-state index in [0.29, 0.717) is 5.69 Å². The number of carbonyl (C=O) groups is 1. The van der Waals surface area contributed by atoms with Gasteiger partial charge in [0, 0.05) is 24.0 Å². The number of nitrogens with zero attached hydrogens (tertiary/aromatic N) is 3. The van der Waals surface area contributed by atoms with E-state index in [9.17, 15) is 9.18 Å². The van der Waals surface area contributed by atoms with Crippen molar-refractivity contribution in [3.8, 4) is 5.69 Å². The van der Waals surface area contributed by atoms with Gasteiger partial charge < -0.3 is 4.90 Å². The van der Waals surface area contributed by atoms with Crippen molar-refractivity contribution in [2.75, 3.05) is 11.9 Å². The Kier molecular flexibility index (Phi) is 4.16. The Morgan fingerprint density at radius 2 is 1.76 bits per heavy atom. The number of amides is 1. The molecule has 0 bridgehead atoms. The first-order chi connectivity index (χ1) is 14.1. The van der Waals surface area contributed by atoms with Crippen LogP contribution in [0.3, 0.4) is 0 Å². The number of carbonyl (C=O) groups excluding carboxylic acids is 1. The van der Waals surface area contributed by atoms with Gasteiger partial charge in [0.15, 0.2) is 5.69 Å². The Labute approximate surface area is 168 Å². The van der Waals surface area contributed by atoms with E-state index in [1.54, 1.807) is 28.8 Å². The van der Waals surface area contributed by atoms with Gasteiger partial charge in [-0.15, -0.1) is 0 Å². The lowest BCUT2D eigenvalue weighted by molar-refractivity contribution is 0.0987. The lowest BCUT2D eigenvalue weighted by Crippen LogP contribution is -2.27. The van der Waals surface area contributed by atoms with Crippen LogP contribution in [0.15, 0.2) is 66.7 Å². The van der Waals surface area contributed by atoms with Gasteiger partial charge in [-0.2, -0.15) is 5.10 Å². The SMILES string of the molecule is CN(C(=O)c1nn(-c2ccc(F)cc2)c2c1CCC2)c1ccc2ccccc2c1. The van der Waals surface area contributed by atoms with E-state index in [4.69, 9.17) is 0 Å². The Bertz CT molecular complexity index is 1230. The number of hydrogen-bond acceptors (Lipinski definition) is 2. The van der Waals surface area contributed by atoms with Crippen LogP contribution < -0.4 is 4.90 Å². The summed E-state index contributed by atoms with van der Waals surface area (Å²) in [4.78, 5) is 15.0. The summed E-state index contributed by atoms with van der Waals surface area (Å²) >= 11 is 0. The van der Waals surface area contributed by atoms with Gasteiger partial charge in [-0.1, -0.05) is 30.3 Å². The standard InChI is InChI=1S/C24H20FN3O/c1-27(20-12-9-16-5-2-3-6-17(16)15-20)24(29)23-21-7-4-8-22(21)28(26-23)19-13-10-18(25)11-14-19/h2-3,5-6,9-15H,4,7-8H2,1H3. The second-order valence-electron chi connectivity index (χ2n) is 7.41. The summed E-state index contributed by atoms with van der Waals surface area (Å²) in [6.07, 6.45) is 2.70. The fourth-order valence-corrected chi connectivity index (χ4v) is 4.07. The third kappa shape index (κ3) is 2.99. The van der Waals surface area contributed by atoms with Crippen LogP contribution in [0.1, 0.15) is 28.2 Å². The molecule has 29 heavy (non-hydrogen) atoms. The molecule has 3 aromatic carbocycles. The predicted octanol–water partition coefficient (Wildman–Crippen LogP) is 4.93. The van der Waals surface area contributed by atoms with Crippen LogP contribution >= 0.6 is 0 Å². The van der Waals surface area contributed by atoms with Gasteiger partial charge in [-0.3, -0.25) is 4.79 Å². The lowest BCUT2D eigenvalue weighted by atomic mass is 10.1. The highest BCUT2D eigenvalue weighted by molar-refractivity contribution is 6.06. The molecule has 5 rings (SSSR count). The summed E-state index contributed by atoms with van der Waals surface area (Å²) in [5.41, 5.74) is 4.14. The van der Waals surface area contributed by atoms with Crippen molar-refractivity contribution in [3.05, 3.63) is 89.5 Å². The van der Waals surface area contributed by atoms with Gasteiger partial charge in [0.05, 0.1) is 5.69 Å². The van der Waals surface area contributed by atoms with Crippen molar-refractivity contribution >= 4 is 22.4 Å². The van der Waals surface area contributed by atoms with Crippen LogP contribution in [0.25, 0.3) is 16.5 Å². The third-order valence-corrected chi connectivity index (χ3v) is 5.63. The van der Waals surface area contributed by atoms with Crippen LogP contribution in [-0.4, -0.2) is 22.7 Å². The normalized spacial score (nSPS) is 12.9. The molecule has 0 saturated carbocycles. The summed E-state index contributed by atoms with van der Waals surface area (Å²) < 4.78 is 15.1. The molecule has 1 aliphatic carbocycles. The summed E-state index contributed by atoms with van der Waals surface area (Å²) in [5, 5.41) is 6.87. The van der Waals surface area contributed by atoms with E-state index in [2.05, 4.69) is 11.2 Å². The minimum Gasteiger partial charge on any atom is -0.310 e. The fraction of sp³-hybridized carbons (Fsp3) is 0.167. The van der Waals surface area contributed by atoms with Gasteiger partial charge in [-0.25, -0.2) is 9.07 Å². The highest BCUT2D eigenvalue weighted by Crippen LogP contribution is 2.30. The lowest BCUT2D eigenvalue weighted by Gasteiger charge is -2.17. The average Bonchev–Trinajstić information content (AvgIpc) is 3.36. The zero-order chi connectivity index (χ0) is 20.0. The van der Waals surface area contributed by atoms with Crippen molar-refractivity contribution in [2.24, 2.45) is 0 Å². The molecule has 0 radical (unpaired) electrons. The van der Waals surface area contributed by atoms with E-state index >= 15 is 0 Å². The van der Waals surface area contributed by atoms with Crippen LogP contribution in [-0.2, 0) is 12.8 Å². The van der Waals surface area contributed by atoms with Crippen molar-refractivity contribution in [1.82, 2.24) is 9.78 Å². The van der Waals surface area contributed by atoms with Gasteiger partial charge in [-0.05, 0) is 66.4 Å². The maximum atomic E-state index is 13.3. The van der Waals surface area contributed by atoms with E-state index < -0.39 is 0 Å². The molecule has 1 aromatic heterocycles. The van der Waals surface area contributed by atoms with Crippen molar-refractivity contribution in [3.63, 3.8) is 0 Å². The Hall–Kier alpha value is -3.47. The minimum atomic E-state index is -0.287. The summed E-state index contributed by atoms with van der Waals surface area (Å²) in [6.45, 7) is 0. The molecule has 5 heteroatoms. The number of halogens is 1. The Balaban J connectivity index is 1.53. The average molecular weight is 385 g/mol. The first-order valence-electron chi connectivity index (χ1n) is 9.75. The molecule has 0 N–H and O–H groups in total. The van der Waals surface area contributed by atoms with Crippen molar-refractivity contribution < 1.29 is 9.18 Å². The van der Waals surface area contributed by atoms with Gasteiger partial charge in [0.25, 0.3) is 5.91 Å². The van der Waals surface area contributed by atoms with Crippen LogP contribution in [0.5, 0.6) is 0 Å². The molecule has 1 heterocycles. The highest BCUT2D eigenvalue weighted by atomic mass is 19.1. The summed E-state index contributed by atoms with van der Waals surface area (Å²) in [6, 6.07) is 20.3. The molecule has 0 saturated heterocycles. The molecule has 0 unspecified atom stereocenters. The van der Waals surface area contributed by atoms with E-state index in [0.717, 1.165) is 52.7 Å². The van der Waals surface area contributed by atoms with E-state index in [1.807, 2.05) is 36.4 Å². The summed E-state index contributed by atoms with van der Waals surface area (Å²) in [5.74, 6) is -0.413. The van der Waals surface area contributed by atoms with Gasteiger partial charge in [0.2, 0.25) is 0 Å². The predicted molar refractivity (Wildman–Crippen MR) is 112 cm³/mol. The first kappa shape index (κ1) is 17.6. The molecule has 0 spiro atoms. The van der Waals surface area contributed by atoms with Crippen LogP contribution in [0.4, 0.5) is 10.1 Å². The quantitative estimate of drug-likeness (QED) is 0.502. The van der Waals surface area contributed by atoms with Crippen molar-refractivity contribution in [2.45, 2.75) is 19.3 Å². The smallest absolute Gasteiger partial charge is 0.278 e. The molecule has 0 aliphatic heterocycles. The van der Waals surface area contributed by atoms with E-state index in [-0.39, 0.29) is 11.7 Å². The second kappa shape index (κ2) is 6.85. The zero-order valence-electron chi connectivity index (χ0n) is 16.1. The molecule has 0 atom stereocenters. The number of fused-ring (bicyclic) bond motifs is 2. The fourth-order valence-electron chi connectivity index (χ4n) is 4.07. The second-order valence-corrected chi connectivity index (χ2v) is 7.41. The molecular weight excluding hydrogens is 365 g/mol. The summed E-state index contributed by atoms with van der Waals surface area (Å²) in [7, 11) is 1.78. The Morgan fingerprint density at radius 3 is 2.55 bits per heavy atom.